The molecule has 1 aliphatic heterocycles. The number of hydrogen-bond acceptors (Lipinski definition) is 4. The Bertz CT molecular complexity index is 505. The molecule has 2 rings (SSSR count). The van der Waals surface area contributed by atoms with E-state index >= 15 is 0 Å². The number of nitrogens with one attached hydrogen (secondary N) is 1. The molecule has 1 aromatic carbocycles. The Balaban J connectivity index is 2.12. The van der Waals surface area contributed by atoms with E-state index in [9.17, 15) is 8.42 Å². The van der Waals surface area contributed by atoms with Gasteiger partial charge in [-0.1, -0.05) is 0 Å². The van der Waals surface area contributed by atoms with E-state index in [1.165, 1.54) is 0 Å². The first kappa shape index (κ1) is 13.3. The lowest BCUT2D eigenvalue weighted by molar-refractivity contribution is 0.519. The predicted octanol–water partition coefficient (Wildman–Crippen LogP) is 0.521. The molecule has 0 unspecified atom stereocenters. The zero-order valence-corrected chi connectivity index (χ0v) is 11.4. The molecule has 1 fully saturated rings. The number of nitrogens with two attached hydrogens (primary N) is 1. The van der Waals surface area contributed by atoms with Crippen molar-refractivity contribution in [1.82, 2.24) is 4.72 Å². The summed E-state index contributed by atoms with van der Waals surface area (Å²) in [5.74, 6) is 0. The summed E-state index contributed by atoms with van der Waals surface area (Å²) in [6, 6.07) is 7.02. The summed E-state index contributed by atoms with van der Waals surface area (Å²) in [4.78, 5) is 2.42. The summed E-state index contributed by atoms with van der Waals surface area (Å²) in [5.41, 5.74) is 6.73. The molecule has 0 aliphatic carbocycles. The van der Waals surface area contributed by atoms with Gasteiger partial charge in [-0.25, -0.2) is 13.1 Å². The van der Waals surface area contributed by atoms with Gasteiger partial charge in [0.25, 0.3) is 0 Å². The zero-order valence-electron chi connectivity index (χ0n) is 10.6. The lowest BCUT2D eigenvalue weighted by Crippen LogP contribution is -2.55. The average Bonchev–Trinajstić information content (AvgIpc) is 2.23. The molecule has 0 saturated carbocycles. The van der Waals surface area contributed by atoms with Crippen LogP contribution in [0.3, 0.4) is 0 Å². The fourth-order valence-corrected chi connectivity index (χ4v) is 3.19. The molecule has 0 bridgehead atoms. The van der Waals surface area contributed by atoms with E-state index in [1.54, 1.807) is 26.0 Å². The molecule has 0 aromatic heterocycles. The molecular formula is C12H19N3O2S. The van der Waals surface area contributed by atoms with Crippen molar-refractivity contribution in [1.29, 1.82) is 0 Å². The van der Waals surface area contributed by atoms with Crippen molar-refractivity contribution in [2.75, 3.05) is 18.0 Å². The molecule has 1 saturated heterocycles. The first-order valence-electron chi connectivity index (χ1n) is 6.01. The Morgan fingerprint density at radius 1 is 1.28 bits per heavy atom. The maximum atomic E-state index is 11.9. The van der Waals surface area contributed by atoms with Gasteiger partial charge in [0.2, 0.25) is 10.0 Å². The molecular weight excluding hydrogens is 250 g/mol. The van der Waals surface area contributed by atoms with E-state index < -0.39 is 10.0 Å². The fourth-order valence-electron chi connectivity index (χ4n) is 1.94. The minimum absolute atomic E-state index is 0.108. The van der Waals surface area contributed by atoms with Crippen LogP contribution in [0.5, 0.6) is 0 Å². The highest BCUT2D eigenvalue weighted by molar-refractivity contribution is 7.89. The van der Waals surface area contributed by atoms with Crippen LogP contribution in [0.4, 0.5) is 5.69 Å². The molecule has 0 radical (unpaired) electrons. The van der Waals surface area contributed by atoms with Crippen molar-refractivity contribution in [2.45, 2.75) is 30.8 Å². The SMILES string of the molecule is CC(C)NS(=O)(=O)c1ccc(N2CC(N)C2)cc1. The van der Waals surface area contributed by atoms with Crippen LogP contribution in [-0.4, -0.2) is 33.6 Å². The molecule has 3 N–H and O–H groups in total. The highest BCUT2D eigenvalue weighted by Crippen LogP contribution is 2.22. The summed E-state index contributed by atoms with van der Waals surface area (Å²) in [6.07, 6.45) is 0. The van der Waals surface area contributed by atoms with Crippen LogP contribution < -0.4 is 15.4 Å². The zero-order chi connectivity index (χ0) is 13.3. The monoisotopic (exact) mass is 269 g/mol. The molecule has 18 heavy (non-hydrogen) atoms. The first-order chi connectivity index (χ1) is 8.38. The van der Waals surface area contributed by atoms with Gasteiger partial charge in [0, 0.05) is 30.9 Å². The van der Waals surface area contributed by atoms with Gasteiger partial charge < -0.3 is 10.6 Å². The quantitative estimate of drug-likeness (QED) is 0.835. The Morgan fingerprint density at radius 3 is 2.28 bits per heavy atom. The van der Waals surface area contributed by atoms with Gasteiger partial charge in [-0.3, -0.25) is 0 Å². The largest absolute Gasteiger partial charge is 0.368 e. The number of nitrogens with zero attached hydrogens (tertiary/aromatic N) is 1. The number of rotatable bonds is 4. The number of benzene rings is 1. The van der Waals surface area contributed by atoms with Crippen LogP contribution >= 0.6 is 0 Å². The minimum atomic E-state index is -3.39. The number of anilines is 1. The summed E-state index contributed by atoms with van der Waals surface area (Å²) in [6.45, 7) is 5.26. The van der Waals surface area contributed by atoms with E-state index in [-0.39, 0.29) is 12.1 Å². The Morgan fingerprint density at radius 2 is 1.83 bits per heavy atom. The molecule has 5 nitrogen and oxygen atoms in total. The molecule has 1 heterocycles. The molecule has 100 valence electrons. The Labute approximate surface area is 108 Å². The lowest BCUT2D eigenvalue weighted by atomic mass is 10.1. The highest BCUT2D eigenvalue weighted by atomic mass is 32.2. The molecule has 0 atom stereocenters. The Kier molecular flexibility index (Phi) is 3.61. The maximum Gasteiger partial charge on any atom is 0.240 e. The van der Waals surface area contributed by atoms with Gasteiger partial charge in [-0.05, 0) is 38.1 Å². The maximum absolute atomic E-state index is 11.9. The highest BCUT2D eigenvalue weighted by Gasteiger charge is 2.23. The first-order valence-corrected chi connectivity index (χ1v) is 7.50. The van der Waals surface area contributed by atoms with Crippen LogP contribution in [0.2, 0.25) is 0 Å². The summed E-state index contributed by atoms with van der Waals surface area (Å²) < 4.78 is 26.4. The number of sulfonamides is 1. The molecule has 6 heteroatoms. The lowest BCUT2D eigenvalue weighted by Gasteiger charge is -2.38. The van der Waals surface area contributed by atoms with Crippen molar-refractivity contribution in [2.24, 2.45) is 5.73 Å². The third-order valence-electron chi connectivity index (χ3n) is 2.81. The Hall–Kier alpha value is -1.11. The molecule has 0 spiro atoms. The van der Waals surface area contributed by atoms with Crippen molar-refractivity contribution in [3.8, 4) is 0 Å². The molecule has 0 amide bonds. The van der Waals surface area contributed by atoms with E-state index in [0.29, 0.717) is 4.90 Å². The van der Waals surface area contributed by atoms with Crippen molar-refractivity contribution < 1.29 is 8.42 Å². The van der Waals surface area contributed by atoms with E-state index in [4.69, 9.17) is 5.73 Å². The van der Waals surface area contributed by atoms with E-state index in [0.717, 1.165) is 18.8 Å². The summed E-state index contributed by atoms with van der Waals surface area (Å²) in [5, 5.41) is 0. The number of hydrogen-bond donors (Lipinski definition) is 2. The second-order valence-corrected chi connectivity index (χ2v) is 6.65. The predicted molar refractivity (Wildman–Crippen MR) is 72.1 cm³/mol. The normalized spacial score (nSPS) is 17.0. The fraction of sp³-hybridized carbons (Fsp3) is 0.500. The van der Waals surface area contributed by atoms with Gasteiger partial charge in [0.05, 0.1) is 4.90 Å². The van der Waals surface area contributed by atoms with E-state index in [1.807, 2.05) is 12.1 Å². The second kappa shape index (κ2) is 4.87. The van der Waals surface area contributed by atoms with Gasteiger partial charge >= 0.3 is 0 Å². The van der Waals surface area contributed by atoms with Crippen LogP contribution in [0.1, 0.15) is 13.8 Å². The van der Waals surface area contributed by atoms with E-state index in [2.05, 4.69) is 9.62 Å². The molecule has 1 aromatic rings. The van der Waals surface area contributed by atoms with Crippen LogP contribution in [0.25, 0.3) is 0 Å². The second-order valence-electron chi connectivity index (χ2n) is 4.93. The standard InChI is InChI=1S/C12H19N3O2S/c1-9(2)14-18(16,17)12-5-3-11(4-6-12)15-7-10(13)8-15/h3-6,9-10,14H,7-8,13H2,1-2H3. The summed E-state index contributed by atoms with van der Waals surface area (Å²) >= 11 is 0. The van der Waals surface area contributed by atoms with Crippen LogP contribution in [-0.2, 0) is 10.0 Å². The van der Waals surface area contributed by atoms with Crippen molar-refractivity contribution in [3.05, 3.63) is 24.3 Å². The van der Waals surface area contributed by atoms with Crippen LogP contribution in [0, 0.1) is 0 Å². The summed E-state index contributed by atoms with van der Waals surface area (Å²) in [7, 11) is -3.39. The average molecular weight is 269 g/mol. The minimum Gasteiger partial charge on any atom is -0.368 e. The third kappa shape index (κ3) is 2.82. The van der Waals surface area contributed by atoms with Gasteiger partial charge in [-0.15, -0.1) is 0 Å². The van der Waals surface area contributed by atoms with Crippen molar-refractivity contribution in [3.63, 3.8) is 0 Å². The smallest absolute Gasteiger partial charge is 0.240 e. The van der Waals surface area contributed by atoms with Crippen LogP contribution in [0.15, 0.2) is 29.2 Å². The van der Waals surface area contributed by atoms with Gasteiger partial charge in [0.15, 0.2) is 0 Å². The van der Waals surface area contributed by atoms with Crippen molar-refractivity contribution >= 4 is 15.7 Å². The van der Waals surface area contributed by atoms with Gasteiger partial charge in [-0.2, -0.15) is 0 Å². The van der Waals surface area contributed by atoms with Gasteiger partial charge in [0.1, 0.15) is 0 Å². The third-order valence-corrected chi connectivity index (χ3v) is 4.49. The topological polar surface area (TPSA) is 75.4 Å². The molecule has 1 aliphatic rings.